The first-order valence-electron chi connectivity index (χ1n) is 12.9. The quantitative estimate of drug-likeness (QED) is 0.269. The van der Waals surface area contributed by atoms with E-state index in [2.05, 4.69) is 139 Å². The first kappa shape index (κ1) is 21.0. The Kier molecular flexibility index (Phi) is 4.55. The lowest BCUT2D eigenvalue weighted by molar-refractivity contribution is 0.674. The Hall–Kier alpha value is -5.08. The van der Waals surface area contributed by atoms with Gasteiger partial charge in [-0.05, 0) is 39.9 Å². The lowest BCUT2D eigenvalue weighted by Crippen LogP contribution is -1.94. The molecule has 38 heavy (non-hydrogen) atoms. The zero-order chi connectivity index (χ0) is 25.1. The summed E-state index contributed by atoms with van der Waals surface area (Å²) in [5, 5.41) is 13.2. The van der Waals surface area contributed by atoms with E-state index in [0.717, 1.165) is 49.8 Å². The second-order valence-electron chi connectivity index (χ2n) is 9.81. The Morgan fingerprint density at radius 2 is 0.947 bits per heavy atom. The molecular formula is C36H23NO. The predicted molar refractivity (Wildman–Crippen MR) is 161 cm³/mol. The van der Waals surface area contributed by atoms with Gasteiger partial charge in [-0.15, -0.1) is 0 Å². The van der Waals surface area contributed by atoms with E-state index < -0.39 is 0 Å². The van der Waals surface area contributed by atoms with E-state index in [4.69, 9.17) is 4.42 Å². The number of fused-ring (bicyclic) bond motifs is 7. The average molecular weight is 486 g/mol. The van der Waals surface area contributed by atoms with Gasteiger partial charge >= 0.3 is 0 Å². The smallest absolute Gasteiger partial charge is 0.143 e. The highest BCUT2D eigenvalue weighted by molar-refractivity contribution is 6.18. The van der Waals surface area contributed by atoms with Crippen molar-refractivity contribution < 1.29 is 4.42 Å². The van der Waals surface area contributed by atoms with E-state index in [-0.39, 0.29) is 0 Å². The molecule has 0 bridgehead atoms. The SMILES string of the molecule is c1ccc2c(Nc3ccc(-c4cccc5c4oc4c6ccccc6ccc54)c4ccccc34)cccc2c1. The molecule has 0 saturated carbocycles. The molecule has 0 saturated heterocycles. The van der Waals surface area contributed by atoms with Crippen molar-refractivity contribution in [2.45, 2.75) is 0 Å². The minimum Gasteiger partial charge on any atom is -0.455 e. The van der Waals surface area contributed by atoms with Gasteiger partial charge < -0.3 is 9.73 Å². The molecule has 0 atom stereocenters. The number of rotatable bonds is 3. The molecule has 0 spiro atoms. The second kappa shape index (κ2) is 8.22. The van der Waals surface area contributed by atoms with E-state index in [0.29, 0.717) is 0 Å². The van der Waals surface area contributed by atoms with Gasteiger partial charge in [-0.2, -0.15) is 0 Å². The van der Waals surface area contributed by atoms with Crippen molar-refractivity contribution in [2.75, 3.05) is 5.32 Å². The van der Waals surface area contributed by atoms with Crippen LogP contribution < -0.4 is 5.32 Å². The minimum absolute atomic E-state index is 0.929. The van der Waals surface area contributed by atoms with Gasteiger partial charge in [0.05, 0.1) is 0 Å². The Bertz CT molecular complexity index is 2160. The highest BCUT2D eigenvalue weighted by Crippen LogP contribution is 2.42. The normalized spacial score (nSPS) is 11.7. The molecule has 0 aliphatic carbocycles. The summed E-state index contributed by atoms with van der Waals surface area (Å²) in [5.41, 5.74) is 6.34. The molecule has 0 radical (unpaired) electrons. The molecule has 8 aromatic rings. The zero-order valence-corrected chi connectivity index (χ0v) is 20.6. The molecule has 1 aromatic heterocycles. The van der Waals surface area contributed by atoms with Gasteiger partial charge in [0.15, 0.2) is 0 Å². The van der Waals surface area contributed by atoms with Crippen molar-refractivity contribution in [1.29, 1.82) is 0 Å². The molecule has 7 aromatic carbocycles. The fourth-order valence-electron chi connectivity index (χ4n) is 5.86. The van der Waals surface area contributed by atoms with Gasteiger partial charge in [-0.1, -0.05) is 115 Å². The molecule has 2 heteroatoms. The van der Waals surface area contributed by atoms with E-state index in [1.54, 1.807) is 0 Å². The Labute approximate surface area is 219 Å². The van der Waals surface area contributed by atoms with Crippen molar-refractivity contribution in [2.24, 2.45) is 0 Å². The van der Waals surface area contributed by atoms with E-state index in [9.17, 15) is 0 Å². The number of anilines is 2. The van der Waals surface area contributed by atoms with Gasteiger partial charge in [0, 0.05) is 43.9 Å². The summed E-state index contributed by atoms with van der Waals surface area (Å²) in [7, 11) is 0. The highest BCUT2D eigenvalue weighted by Gasteiger charge is 2.16. The van der Waals surface area contributed by atoms with Gasteiger partial charge in [0.25, 0.3) is 0 Å². The summed E-state index contributed by atoms with van der Waals surface area (Å²) in [6, 6.07) is 47.2. The summed E-state index contributed by atoms with van der Waals surface area (Å²) < 4.78 is 6.66. The maximum atomic E-state index is 6.66. The molecule has 0 aliphatic heterocycles. The number of hydrogen-bond acceptors (Lipinski definition) is 2. The topological polar surface area (TPSA) is 25.2 Å². The van der Waals surface area contributed by atoms with Crippen LogP contribution in [0, 0.1) is 0 Å². The molecule has 0 unspecified atom stereocenters. The van der Waals surface area contributed by atoms with Crippen LogP contribution in [0.2, 0.25) is 0 Å². The molecule has 0 aliphatic rings. The number of hydrogen-bond donors (Lipinski definition) is 1. The van der Waals surface area contributed by atoms with Crippen LogP contribution in [0.25, 0.3) is 65.4 Å². The highest BCUT2D eigenvalue weighted by atomic mass is 16.3. The van der Waals surface area contributed by atoms with Crippen molar-refractivity contribution >= 4 is 65.6 Å². The lowest BCUT2D eigenvalue weighted by atomic mass is 9.95. The standard InChI is InChI=1S/C36H23NO/c1-3-12-25-23(9-1)11-7-18-33(25)37-34-22-21-28(27-14-5-6-15-29(27)34)30-16-8-17-31-32-20-19-24-10-2-4-13-26(24)35(32)38-36(30)31/h1-22,37H. The lowest BCUT2D eigenvalue weighted by Gasteiger charge is -2.15. The molecule has 0 fully saturated rings. The van der Waals surface area contributed by atoms with Crippen LogP contribution in [0.1, 0.15) is 0 Å². The third-order valence-corrected chi connectivity index (χ3v) is 7.66. The summed E-state index contributed by atoms with van der Waals surface area (Å²) in [6.07, 6.45) is 0. The van der Waals surface area contributed by atoms with Crippen LogP contribution in [0.15, 0.2) is 138 Å². The van der Waals surface area contributed by atoms with Crippen LogP contribution in [0.5, 0.6) is 0 Å². The minimum atomic E-state index is 0.929. The second-order valence-corrected chi connectivity index (χ2v) is 9.81. The van der Waals surface area contributed by atoms with Crippen LogP contribution in [0.3, 0.4) is 0 Å². The number of para-hydroxylation sites is 1. The van der Waals surface area contributed by atoms with Crippen LogP contribution in [0.4, 0.5) is 11.4 Å². The summed E-state index contributed by atoms with van der Waals surface area (Å²) in [5.74, 6) is 0. The van der Waals surface area contributed by atoms with Crippen molar-refractivity contribution in [3.05, 3.63) is 133 Å². The summed E-state index contributed by atoms with van der Waals surface area (Å²) in [4.78, 5) is 0. The van der Waals surface area contributed by atoms with Crippen LogP contribution in [-0.4, -0.2) is 0 Å². The monoisotopic (exact) mass is 485 g/mol. The van der Waals surface area contributed by atoms with Crippen molar-refractivity contribution in [3.8, 4) is 11.1 Å². The molecule has 1 N–H and O–H groups in total. The average Bonchev–Trinajstić information content (AvgIpc) is 3.37. The van der Waals surface area contributed by atoms with E-state index >= 15 is 0 Å². The third-order valence-electron chi connectivity index (χ3n) is 7.66. The van der Waals surface area contributed by atoms with Crippen LogP contribution >= 0.6 is 0 Å². The maximum Gasteiger partial charge on any atom is 0.143 e. The number of furan rings is 1. The Morgan fingerprint density at radius 3 is 1.82 bits per heavy atom. The molecule has 178 valence electrons. The number of benzene rings is 7. The zero-order valence-electron chi connectivity index (χ0n) is 20.6. The predicted octanol–water partition coefficient (Wildman–Crippen LogP) is 10.5. The number of nitrogens with one attached hydrogen (secondary N) is 1. The first-order chi connectivity index (χ1) is 18.8. The van der Waals surface area contributed by atoms with Crippen molar-refractivity contribution in [1.82, 2.24) is 0 Å². The van der Waals surface area contributed by atoms with Gasteiger partial charge in [-0.3, -0.25) is 0 Å². The van der Waals surface area contributed by atoms with Gasteiger partial charge in [0.2, 0.25) is 0 Å². The molecule has 0 amide bonds. The Morgan fingerprint density at radius 1 is 0.342 bits per heavy atom. The molecule has 2 nitrogen and oxygen atoms in total. The van der Waals surface area contributed by atoms with Crippen molar-refractivity contribution in [3.63, 3.8) is 0 Å². The fraction of sp³-hybridized carbons (Fsp3) is 0. The maximum absolute atomic E-state index is 6.66. The van der Waals surface area contributed by atoms with Gasteiger partial charge in [-0.25, -0.2) is 0 Å². The summed E-state index contributed by atoms with van der Waals surface area (Å²) in [6.45, 7) is 0. The Balaban J connectivity index is 1.34. The fourth-order valence-corrected chi connectivity index (χ4v) is 5.86. The van der Waals surface area contributed by atoms with E-state index in [1.807, 2.05) is 0 Å². The molecular weight excluding hydrogens is 462 g/mol. The van der Waals surface area contributed by atoms with E-state index in [1.165, 1.54) is 26.9 Å². The summed E-state index contributed by atoms with van der Waals surface area (Å²) >= 11 is 0. The molecule has 1 heterocycles. The first-order valence-corrected chi connectivity index (χ1v) is 12.9. The van der Waals surface area contributed by atoms with Gasteiger partial charge in [0.1, 0.15) is 11.2 Å². The third kappa shape index (κ3) is 3.14. The largest absolute Gasteiger partial charge is 0.455 e. The molecule has 8 rings (SSSR count). The van der Waals surface area contributed by atoms with Crippen LogP contribution in [-0.2, 0) is 0 Å².